The first kappa shape index (κ1) is 12.8. The number of hydrogen-bond donors (Lipinski definition) is 1. The van der Waals surface area contributed by atoms with Crippen LogP contribution in [0.4, 0.5) is 0 Å². The molecule has 4 heteroatoms. The molecule has 1 unspecified atom stereocenters. The van der Waals surface area contributed by atoms with E-state index in [1.807, 2.05) is 18.2 Å². The number of rotatable bonds is 2. The second-order valence-electron chi connectivity index (χ2n) is 4.08. The van der Waals surface area contributed by atoms with Gasteiger partial charge < -0.3 is 5.32 Å². The van der Waals surface area contributed by atoms with Gasteiger partial charge in [-0.05, 0) is 53.4 Å². The van der Waals surface area contributed by atoms with E-state index in [9.17, 15) is 4.79 Å². The molecule has 0 fully saturated rings. The van der Waals surface area contributed by atoms with E-state index in [2.05, 4.69) is 49.3 Å². The molecule has 17 heavy (non-hydrogen) atoms. The summed E-state index contributed by atoms with van der Waals surface area (Å²) in [6.07, 6.45) is 7.29. The fourth-order valence-corrected chi connectivity index (χ4v) is 2.65. The minimum absolute atomic E-state index is 0.0153. The summed E-state index contributed by atoms with van der Waals surface area (Å²) < 4.78 is 1.74. The average molecular weight is 359 g/mol. The van der Waals surface area contributed by atoms with Crippen molar-refractivity contribution >= 4 is 37.8 Å². The maximum atomic E-state index is 12.1. The van der Waals surface area contributed by atoms with Crippen LogP contribution in [0.1, 0.15) is 29.6 Å². The fraction of sp³-hybridized carbons (Fsp3) is 0.308. The van der Waals surface area contributed by atoms with Gasteiger partial charge in [0.05, 0.1) is 5.56 Å². The van der Waals surface area contributed by atoms with Crippen LogP contribution < -0.4 is 5.32 Å². The van der Waals surface area contributed by atoms with E-state index < -0.39 is 0 Å². The summed E-state index contributed by atoms with van der Waals surface area (Å²) in [5.41, 5.74) is 0.675. The van der Waals surface area contributed by atoms with Gasteiger partial charge >= 0.3 is 0 Å². The van der Waals surface area contributed by atoms with E-state index in [1.54, 1.807) is 0 Å². The lowest BCUT2D eigenvalue weighted by Gasteiger charge is -2.19. The maximum Gasteiger partial charge on any atom is 0.252 e. The molecule has 1 amide bonds. The number of hydrogen-bond acceptors (Lipinski definition) is 1. The van der Waals surface area contributed by atoms with Gasteiger partial charge in [-0.1, -0.05) is 28.1 Å². The Labute approximate surface area is 118 Å². The lowest BCUT2D eigenvalue weighted by Crippen LogP contribution is -2.35. The Morgan fingerprint density at radius 2 is 2.12 bits per heavy atom. The largest absolute Gasteiger partial charge is 0.349 e. The van der Waals surface area contributed by atoms with Crippen LogP contribution in [0, 0.1) is 0 Å². The molecule has 0 saturated heterocycles. The van der Waals surface area contributed by atoms with E-state index >= 15 is 0 Å². The van der Waals surface area contributed by atoms with Crippen LogP contribution in [-0.4, -0.2) is 11.9 Å². The van der Waals surface area contributed by atoms with E-state index in [-0.39, 0.29) is 11.9 Å². The Kier molecular flexibility index (Phi) is 4.40. The zero-order valence-electron chi connectivity index (χ0n) is 9.25. The third kappa shape index (κ3) is 3.42. The van der Waals surface area contributed by atoms with E-state index in [4.69, 9.17) is 0 Å². The minimum Gasteiger partial charge on any atom is -0.349 e. The Hall–Kier alpha value is -0.610. The topological polar surface area (TPSA) is 29.1 Å². The van der Waals surface area contributed by atoms with E-state index in [1.165, 1.54) is 0 Å². The molecule has 0 saturated carbocycles. The highest BCUT2D eigenvalue weighted by Gasteiger charge is 2.16. The number of allylic oxidation sites excluding steroid dienone is 1. The first-order chi connectivity index (χ1) is 8.16. The quantitative estimate of drug-likeness (QED) is 0.794. The Morgan fingerprint density at radius 3 is 2.82 bits per heavy atom. The predicted octanol–water partition coefficient (Wildman–Crippen LogP) is 4.05. The smallest absolute Gasteiger partial charge is 0.252 e. The molecule has 1 aliphatic carbocycles. The van der Waals surface area contributed by atoms with Crippen molar-refractivity contribution in [3.63, 3.8) is 0 Å². The first-order valence-corrected chi connectivity index (χ1v) is 7.16. The summed E-state index contributed by atoms with van der Waals surface area (Å²) in [6, 6.07) is 5.88. The molecule has 90 valence electrons. The number of halogens is 2. The number of carbonyl (C=O) groups excluding carboxylic acids is 1. The van der Waals surface area contributed by atoms with Crippen LogP contribution in [-0.2, 0) is 0 Å². The molecule has 0 heterocycles. The van der Waals surface area contributed by atoms with Crippen molar-refractivity contribution in [2.75, 3.05) is 0 Å². The first-order valence-electron chi connectivity index (χ1n) is 5.58. The van der Waals surface area contributed by atoms with Crippen molar-refractivity contribution in [3.8, 4) is 0 Å². The molecule has 2 nitrogen and oxygen atoms in total. The monoisotopic (exact) mass is 357 g/mol. The normalized spacial score (nSPS) is 19.1. The highest BCUT2D eigenvalue weighted by molar-refractivity contribution is 9.11. The summed E-state index contributed by atoms with van der Waals surface area (Å²) in [5, 5.41) is 3.06. The maximum absolute atomic E-state index is 12.1. The third-order valence-corrected chi connectivity index (χ3v) is 3.96. The van der Waals surface area contributed by atoms with Crippen LogP contribution in [0.3, 0.4) is 0 Å². The van der Waals surface area contributed by atoms with Crippen molar-refractivity contribution in [1.29, 1.82) is 0 Å². The van der Waals surface area contributed by atoms with Crippen molar-refractivity contribution in [2.24, 2.45) is 0 Å². The zero-order valence-corrected chi connectivity index (χ0v) is 12.4. The van der Waals surface area contributed by atoms with Crippen molar-refractivity contribution in [3.05, 3.63) is 44.9 Å². The summed E-state index contributed by atoms with van der Waals surface area (Å²) in [4.78, 5) is 12.1. The summed E-state index contributed by atoms with van der Waals surface area (Å²) >= 11 is 6.78. The van der Waals surface area contributed by atoms with Gasteiger partial charge in [-0.15, -0.1) is 0 Å². The molecule has 1 N–H and O–H groups in total. The highest BCUT2D eigenvalue weighted by atomic mass is 79.9. The van der Waals surface area contributed by atoms with Gasteiger partial charge in [0.15, 0.2) is 0 Å². The molecule has 2 rings (SSSR count). The summed E-state index contributed by atoms with van der Waals surface area (Å²) in [5.74, 6) is -0.0153. The minimum atomic E-state index is -0.0153. The molecular weight excluding hydrogens is 346 g/mol. The highest BCUT2D eigenvalue weighted by Crippen LogP contribution is 2.22. The molecule has 0 aliphatic heterocycles. The number of amides is 1. The van der Waals surface area contributed by atoms with Crippen molar-refractivity contribution in [2.45, 2.75) is 25.3 Å². The molecule has 0 aromatic heterocycles. The number of carbonyl (C=O) groups is 1. The molecular formula is C13H13Br2NO. The van der Waals surface area contributed by atoms with Crippen molar-refractivity contribution < 1.29 is 4.79 Å². The SMILES string of the molecule is O=C(NC1CC=CCC1)c1cc(Br)ccc1Br. The van der Waals surface area contributed by atoms with Gasteiger partial charge in [-0.25, -0.2) is 0 Å². The average Bonchev–Trinajstić information content (AvgIpc) is 2.33. The van der Waals surface area contributed by atoms with Gasteiger partial charge in [-0.3, -0.25) is 4.79 Å². The standard InChI is InChI=1S/C13H13Br2NO/c14-9-6-7-12(15)11(8-9)13(17)16-10-4-2-1-3-5-10/h1-2,6-8,10H,3-5H2,(H,16,17). The molecule has 1 aromatic carbocycles. The second-order valence-corrected chi connectivity index (χ2v) is 5.85. The Bertz CT molecular complexity index is 457. The van der Waals surface area contributed by atoms with Crippen LogP contribution in [0.15, 0.2) is 39.3 Å². The van der Waals surface area contributed by atoms with Gasteiger partial charge in [0.2, 0.25) is 0 Å². The lowest BCUT2D eigenvalue weighted by atomic mass is 10.0. The molecule has 1 atom stereocenters. The lowest BCUT2D eigenvalue weighted by molar-refractivity contribution is 0.0934. The second kappa shape index (κ2) is 5.83. The zero-order chi connectivity index (χ0) is 12.3. The van der Waals surface area contributed by atoms with Crippen LogP contribution in [0.2, 0.25) is 0 Å². The third-order valence-electron chi connectivity index (χ3n) is 2.78. The van der Waals surface area contributed by atoms with Crippen LogP contribution >= 0.6 is 31.9 Å². The van der Waals surface area contributed by atoms with Crippen molar-refractivity contribution in [1.82, 2.24) is 5.32 Å². The van der Waals surface area contributed by atoms with Gasteiger partial charge in [0.25, 0.3) is 5.91 Å². The molecule has 0 bridgehead atoms. The number of nitrogens with one attached hydrogen (secondary N) is 1. The van der Waals surface area contributed by atoms with Crippen LogP contribution in [0.25, 0.3) is 0 Å². The van der Waals surface area contributed by atoms with Crippen LogP contribution in [0.5, 0.6) is 0 Å². The summed E-state index contributed by atoms with van der Waals surface area (Å²) in [7, 11) is 0. The van der Waals surface area contributed by atoms with Gasteiger partial charge in [0, 0.05) is 15.0 Å². The Morgan fingerprint density at radius 1 is 1.29 bits per heavy atom. The number of benzene rings is 1. The van der Waals surface area contributed by atoms with Gasteiger partial charge in [-0.2, -0.15) is 0 Å². The fourth-order valence-electron chi connectivity index (χ4n) is 1.86. The van der Waals surface area contributed by atoms with E-state index in [0.29, 0.717) is 5.56 Å². The molecule has 1 aliphatic rings. The molecule has 0 radical (unpaired) electrons. The predicted molar refractivity (Wildman–Crippen MR) is 76.1 cm³/mol. The molecule has 1 aromatic rings. The molecule has 0 spiro atoms. The van der Waals surface area contributed by atoms with Gasteiger partial charge in [0.1, 0.15) is 0 Å². The summed E-state index contributed by atoms with van der Waals surface area (Å²) in [6.45, 7) is 0. The van der Waals surface area contributed by atoms with E-state index in [0.717, 1.165) is 28.2 Å². The Balaban J connectivity index is 2.08.